The topological polar surface area (TPSA) is 40.9 Å². The van der Waals surface area contributed by atoms with Crippen LogP contribution in [0.5, 0.6) is 0 Å². The Balaban J connectivity index is 2.19. The van der Waals surface area contributed by atoms with Crippen LogP contribution in [0.25, 0.3) is 11.1 Å². The van der Waals surface area contributed by atoms with E-state index in [1.54, 1.807) is 12.1 Å². The minimum Gasteiger partial charge on any atom is -0.295 e. The summed E-state index contributed by atoms with van der Waals surface area (Å²) in [5.41, 5.74) is 3.75. The molecule has 0 bridgehead atoms. The summed E-state index contributed by atoms with van der Waals surface area (Å²) in [5, 5.41) is 8.75. The molecule has 92 valence electrons. The van der Waals surface area contributed by atoms with E-state index in [1.807, 2.05) is 36.4 Å². The molecule has 2 nitrogen and oxygen atoms in total. The Labute approximate surface area is 112 Å². The van der Waals surface area contributed by atoms with Gasteiger partial charge < -0.3 is 0 Å². The van der Waals surface area contributed by atoms with Crippen molar-refractivity contribution in [3.05, 3.63) is 72.3 Å². The molecule has 0 saturated heterocycles. The van der Waals surface area contributed by atoms with Crippen LogP contribution in [0.3, 0.4) is 0 Å². The average molecular weight is 247 g/mol. The summed E-state index contributed by atoms with van der Waals surface area (Å²) in [7, 11) is 0. The minimum atomic E-state index is 0.0196. The van der Waals surface area contributed by atoms with Crippen LogP contribution in [0.2, 0.25) is 0 Å². The van der Waals surface area contributed by atoms with Gasteiger partial charge in [-0.2, -0.15) is 5.26 Å². The third-order valence-corrected chi connectivity index (χ3v) is 2.91. The average Bonchev–Trinajstić information content (AvgIpc) is 2.48. The van der Waals surface area contributed by atoms with Crippen molar-refractivity contribution in [1.82, 2.24) is 0 Å². The molecule has 2 rings (SSSR count). The molecule has 0 fully saturated rings. The predicted molar refractivity (Wildman–Crippen MR) is 75.5 cm³/mol. The summed E-state index contributed by atoms with van der Waals surface area (Å²) < 4.78 is 0. The molecular formula is C17H13NO. The van der Waals surface area contributed by atoms with E-state index >= 15 is 0 Å². The lowest BCUT2D eigenvalue weighted by molar-refractivity contribution is -0.114. The Hall–Kier alpha value is -2.66. The fraction of sp³-hybridized carbons (Fsp3) is 0.0588. The quantitative estimate of drug-likeness (QED) is 0.775. The molecular weight excluding hydrogens is 234 g/mol. The number of ketones is 1. The Morgan fingerprint density at radius 2 is 1.58 bits per heavy atom. The first-order valence-corrected chi connectivity index (χ1v) is 5.97. The van der Waals surface area contributed by atoms with Crippen LogP contribution < -0.4 is 0 Å². The van der Waals surface area contributed by atoms with Gasteiger partial charge in [0, 0.05) is 6.42 Å². The molecule has 0 spiro atoms. The summed E-state index contributed by atoms with van der Waals surface area (Å²) >= 11 is 0. The predicted octanol–water partition coefficient (Wildman–Crippen LogP) is 3.52. The third kappa shape index (κ3) is 3.17. The van der Waals surface area contributed by atoms with Gasteiger partial charge in [0.25, 0.3) is 0 Å². The highest BCUT2D eigenvalue weighted by molar-refractivity contribution is 5.90. The zero-order valence-corrected chi connectivity index (χ0v) is 10.5. The fourth-order valence-corrected chi connectivity index (χ4v) is 1.83. The highest BCUT2D eigenvalue weighted by atomic mass is 16.1. The van der Waals surface area contributed by atoms with Crippen molar-refractivity contribution >= 4 is 5.78 Å². The van der Waals surface area contributed by atoms with Crippen molar-refractivity contribution in [1.29, 1.82) is 5.26 Å². The second-order valence-corrected chi connectivity index (χ2v) is 4.23. The van der Waals surface area contributed by atoms with Crippen molar-refractivity contribution in [2.45, 2.75) is 6.42 Å². The van der Waals surface area contributed by atoms with Crippen LogP contribution in [0.4, 0.5) is 0 Å². The second-order valence-electron chi connectivity index (χ2n) is 4.23. The van der Waals surface area contributed by atoms with E-state index in [0.717, 1.165) is 16.7 Å². The van der Waals surface area contributed by atoms with E-state index in [0.29, 0.717) is 12.0 Å². The number of carbonyl (C=O) groups is 1. The molecule has 0 aliphatic carbocycles. The maximum Gasteiger partial charge on any atom is 0.159 e. The lowest BCUT2D eigenvalue weighted by atomic mass is 10.0. The number of rotatable bonds is 4. The van der Waals surface area contributed by atoms with E-state index in [9.17, 15) is 4.79 Å². The van der Waals surface area contributed by atoms with Crippen LogP contribution in [0, 0.1) is 11.3 Å². The monoisotopic (exact) mass is 247 g/mol. The summed E-state index contributed by atoms with van der Waals surface area (Å²) in [4.78, 5) is 11.3. The number of nitrogens with zero attached hydrogens (tertiary/aromatic N) is 1. The van der Waals surface area contributed by atoms with Gasteiger partial charge in [0.1, 0.15) is 0 Å². The standard InChI is InChI=1S/C17H13NO/c1-2-17(19)11-13-3-7-15(8-4-13)16-9-5-14(12-18)6-10-16/h2-10H,1,11H2. The Bertz CT molecular complexity index is 630. The van der Waals surface area contributed by atoms with Crippen LogP contribution in [0.1, 0.15) is 11.1 Å². The molecule has 0 atom stereocenters. The molecule has 0 unspecified atom stereocenters. The summed E-state index contributed by atoms with van der Waals surface area (Å²) in [5.74, 6) is 0.0196. The first-order valence-electron chi connectivity index (χ1n) is 5.97. The van der Waals surface area contributed by atoms with Gasteiger partial charge in [-0.25, -0.2) is 0 Å². The smallest absolute Gasteiger partial charge is 0.159 e. The normalized spacial score (nSPS) is 9.63. The fourth-order valence-electron chi connectivity index (χ4n) is 1.83. The molecule has 0 aromatic heterocycles. The van der Waals surface area contributed by atoms with E-state index in [-0.39, 0.29) is 5.78 Å². The van der Waals surface area contributed by atoms with Gasteiger partial charge in [-0.3, -0.25) is 4.79 Å². The molecule has 0 heterocycles. The number of benzene rings is 2. The molecule has 19 heavy (non-hydrogen) atoms. The van der Waals surface area contributed by atoms with Crippen LogP contribution in [-0.4, -0.2) is 5.78 Å². The first kappa shape index (κ1) is 12.8. The SMILES string of the molecule is C=CC(=O)Cc1ccc(-c2ccc(C#N)cc2)cc1. The summed E-state index contributed by atoms with van der Waals surface area (Å²) in [6.45, 7) is 3.46. The highest BCUT2D eigenvalue weighted by Crippen LogP contribution is 2.20. The van der Waals surface area contributed by atoms with E-state index in [2.05, 4.69) is 12.6 Å². The molecule has 2 heteroatoms. The molecule has 2 aromatic carbocycles. The third-order valence-electron chi connectivity index (χ3n) is 2.91. The minimum absolute atomic E-state index is 0.0196. The lowest BCUT2D eigenvalue weighted by Crippen LogP contribution is -1.97. The van der Waals surface area contributed by atoms with E-state index < -0.39 is 0 Å². The van der Waals surface area contributed by atoms with Gasteiger partial charge in [0.05, 0.1) is 11.6 Å². The lowest BCUT2D eigenvalue weighted by Gasteiger charge is -2.03. The maximum absolute atomic E-state index is 11.3. The molecule has 0 N–H and O–H groups in total. The Morgan fingerprint density at radius 1 is 1.05 bits per heavy atom. The van der Waals surface area contributed by atoms with E-state index in [1.165, 1.54) is 6.08 Å². The van der Waals surface area contributed by atoms with Crippen LogP contribution >= 0.6 is 0 Å². The Morgan fingerprint density at radius 3 is 2.05 bits per heavy atom. The molecule has 0 radical (unpaired) electrons. The molecule has 2 aromatic rings. The first-order chi connectivity index (χ1) is 9.22. The molecule has 0 aliphatic heterocycles. The summed E-state index contributed by atoms with van der Waals surface area (Å²) in [6.07, 6.45) is 1.73. The molecule has 0 amide bonds. The van der Waals surface area contributed by atoms with Gasteiger partial charge in [-0.15, -0.1) is 0 Å². The second kappa shape index (κ2) is 5.79. The number of nitriles is 1. The number of allylic oxidation sites excluding steroid dienone is 1. The van der Waals surface area contributed by atoms with E-state index in [4.69, 9.17) is 5.26 Å². The number of hydrogen-bond acceptors (Lipinski definition) is 2. The van der Waals surface area contributed by atoms with Crippen LogP contribution in [0.15, 0.2) is 61.2 Å². The van der Waals surface area contributed by atoms with Gasteiger partial charge in [-0.1, -0.05) is 43.0 Å². The van der Waals surface area contributed by atoms with Crippen molar-refractivity contribution in [2.75, 3.05) is 0 Å². The molecule has 0 aliphatic rings. The number of hydrogen-bond donors (Lipinski definition) is 0. The van der Waals surface area contributed by atoms with Crippen LogP contribution in [-0.2, 0) is 11.2 Å². The van der Waals surface area contributed by atoms with Gasteiger partial charge >= 0.3 is 0 Å². The Kier molecular flexibility index (Phi) is 3.90. The van der Waals surface area contributed by atoms with Crippen molar-refractivity contribution in [2.24, 2.45) is 0 Å². The van der Waals surface area contributed by atoms with Crippen molar-refractivity contribution in [3.8, 4) is 17.2 Å². The largest absolute Gasteiger partial charge is 0.295 e. The zero-order chi connectivity index (χ0) is 13.7. The maximum atomic E-state index is 11.3. The zero-order valence-electron chi connectivity index (χ0n) is 10.5. The van der Waals surface area contributed by atoms with Crippen molar-refractivity contribution < 1.29 is 4.79 Å². The van der Waals surface area contributed by atoms with Gasteiger partial charge in [0.15, 0.2) is 5.78 Å². The van der Waals surface area contributed by atoms with Gasteiger partial charge in [-0.05, 0) is 34.9 Å². The van der Waals surface area contributed by atoms with Crippen molar-refractivity contribution in [3.63, 3.8) is 0 Å². The molecule has 0 saturated carbocycles. The number of carbonyl (C=O) groups excluding carboxylic acids is 1. The summed E-state index contributed by atoms with van der Waals surface area (Å²) in [6, 6.07) is 17.4. The van der Waals surface area contributed by atoms with Gasteiger partial charge in [0.2, 0.25) is 0 Å². The highest BCUT2D eigenvalue weighted by Gasteiger charge is 2.01.